The summed E-state index contributed by atoms with van der Waals surface area (Å²) in [6.45, 7) is 0. The number of fused-ring (bicyclic) bond motifs is 6. The van der Waals surface area contributed by atoms with E-state index in [0.29, 0.717) is 0 Å². The van der Waals surface area contributed by atoms with E-state index in [1.807, 2.05) is 12.1 Å². The van der Waals surface area contributed by atoms with Crippen LogP contribution >= 0.6 is 0 Å². The number of aromatic nitrogens is 1. The van der Waals surface area contributed by atoms with Crippen LogP contribution in [0.15, 0.2) is 271 Å². The maximum atomic E-state index is 6.46. The highest BCUT2D eigenvalue weighted by Gasteiger charge is 2.18. The van der Waals surface area contributed by atoms with Gasteiger partial charge in [0, 0.05) is 49.9 Å². The minimum absolute atomic E-state index is 0.900. The largest absolute Gasteiger partial charge is 0.455 e. The smallest absolute Gasteiger partial charge is 0.143 e. The highest BCUT2D eigenvalue weighted by Crippen LogP contribution is 2.41. The molecule has 324 valence electrons. The first kappa shape index (κ1) is 40.1. The molecule has 13 rings (SSSR count). The maximum Gasteiger partial charge on any atom is 0.143 e. The molecule has 2 heterocycles. The second-order valence-electron chi connectivity index (χ2n) is 17.7. The molecule has 0 spiro atoms. The number of benzene rings is 11. The Kier molecular flexibility index (Phi) is 9.84. The van der Waals surface area contributed by atoms with Crippen molar-refractivity contribution in [3.8, 4) is 61.3 Å². The van der Waals surface area contributed by atoms with Crippen molar-refractivity contribution >= 4 is 60.8 Å². The molecule has 0 saturated heterocycles. The molecule has 3 nitrogen and oxygen atoms in total. The molecule has 0 amide bonds. The Labute approximate surface area is 401 Å². The zero-order valence-corrected chi connectivity index (χ0v) is 37.7. The third-order valence-electron chi connectivity index (χ3n) is 13.6. The van der Waals surface area contributed by atoms with Gasteiger partial charge in [0.15, 0.2) is 0 Å². The minimum Gasteiger partial charge on any atom is -0.455 e. The molecule has 0 aliphatic heterocycles. The zero-order chi connectivity index (χ0) is 45.7. The van der Waals surface area contributed by atoms with Gasteiger partial charge in [-0.25, -0.2) is 0 Å². The fraction of sp³-hybridized carbons (Fsp3) is 0. The fourth-order valence-electron chi connectivity index (χ4n) is 10.2. The molecule has 0 bridgehead atoms. The van der Waals surface area contributed by atoms with E-state index < -0.39 is 0 Å². The van der Waals surface area contributed by atoms with E-state index in [1.54, 1.807) is 0 Å². The first-order valence-electron chi connectivity index (χ1n) is 23.6. The van der Waals surface area contributed by atoms with Gasteiger partial charge in [0.1, 0.15) is 11.2 Å². The molecule has 0 atom stereocenters. The molecule has 0 aliphatic rings. The molecule has 0 fully saturated rings. The van der Waals surface area contributed by atoms with Gasteiger partial charge in [-0.3, -0.25) is 0 Å². The van der Waals surface area contributed by atoms with Gasteiger partial charge in [-0.05, 0) is 135 Å². The van der Waals surface area contributed by atoms with Gasteiger partial charge in [-0.1, -0.05) is 182 Å². The molecule has 0 aliphatic carbocycles. The summed E-state index contributed by atoms with van der Waals surface area (Å²) in [5, 5.41) is 4.78. The van der Waals surface area contributed by atoms with Crippen LogP contribution in [-0.4, -0.2) is 4.57 Å². The first-order valence-corrected chi connectivity index (χ1v) is 23.6. The van der Waals surface area contributed by atoms with Crippen molar-refractivity contribution < 1.29 is 4.42 Å². The molecule has 11 aromatic carbocycles. The van der Waals surface area contributed by atoms with Gasteiger partial charge in [-0.15, -0.1) is 0 Å². The van der Waals surface area contributed by atoms with E-state index in [0.717, 1.165) is 66.9 Å². The van der Waals surface area contributed by atoms with Crippen LogP contribution < -0.4 is 4.90 Å². The molecule has 0 radical (unpaired) electrons. The van der Waals surface area contributed by atoms with Crippen molar-refractivity contribution in [2.45, 2.75) is 0 Å². The van der Waals surface area contributed by atoms with Crippen molar-refractivity contribution in [3.05, 3.63) is 267 Å². The molecule has 0 N–H and O–H groups in total. The van der Waals surface area contributed by atoms with Crippen molar-refractivity contribution in [1.82, 2.24) is 4.57 Å². The average Bonchev–Trinajstić information content (AvgIpc) is 3.98. The lowest BCUT2D eigenvalue weighted by Gasteiger charge is -2.26. The van der Waals surface area contributed by atoms with Crippen LogP contribution in [0.1, 0.15) is 0 Å². The van der Waals surface area contributed by atoms with E-state index in [9.17, 15) is 0 Å². The Hall–Kier alpha value is -9.18. The van der Waals surface area contributed by atoms with Crippen LogP contribution in [0.2, 0.25) is 0 Å². The minimum atomic E-state index is 0.900. The van der Waals surface area contributed by atoms with E-state index in [1.165, 1.54) is 55.2 Å². The highest BCUT2D eigenvalue weighted by molar-refractivity contribution is 6.10. The first-order chi connectivity index (χ1) is 34.2. The van der Waals surface area contributed by atoms with Crippen LogP contribution in [0.25, 0.3) is 105 Å². The lowest BCUT2D eigenvalue weighted by molar-refractivity contribution is 0.670. The highest BCUT2D eigenvalue weighted by atomic mass is 16.3. The molecular formula is C66H44N2O. The molecule has 13 aromatic rings. The van der Waals surface area contributed by atoms with Gasteiger partial charge in [0.05, 0.1) is 11.0 Å². The van der Waals surface area contributed by atoms with Crippen molar-refractivity contribution in [2.24, 2.45) is 0 Å². The third kappa shape index (κ3) is 7.25. The molecule has 0 unspecified atom stereocenters. The predicted molar refractivity (Wildman–Crippen MR) is 290 cm³/mol. The number of hydrogen-bond donors (Lipinski definition) is 0. The average molecular weight is 881 g/mol. The molecule has 3 heteroatoms. The number of anilines is 3. The molecule has 69 heavy (non-hydrogen) atoms. The Balaban J connectivity index is 0.872. The summed E-state index contributed by atoms with van der Waals surface area (Å²) in [6.07, 6.45) is 0. The van der Waals surface area contributed by atoms with E-state index in [4.69, 9.17) is 4.42 Å². The third-order valence-corrected chi connectivity index (χ3v) is 13.6. The van der Waals surface area contributed by atoms with Crippen LogP contribution in [0.3, 0.4) is 0 Å². The van der Waals surface area contributed by atoms with Crippen molar-refractivity contribution in [1.29, 1.82) is 0 Å². The molecular weight excluding hydrogens is 837 g/mol. The summed E-state index contributed by atoms with van der Waals surface area (Å²) in [6, 6.07) is 96.0. The Bertz CT molecular complexity index is 3850. The van der Waals surface area contributed by atoms with Gasteiger partial charge in [0.2, 0.25) is 0 Å². The standard InChI is InChI=1S/C66H44N2O/c1-3-14-45(15-4-1)51-42-52(46-16-5-2-6-17-46)44-53(43-51)49-30-36-55(37-31-49)67(56-40-32-50(33-41-56)58-21-13-22-62-61-20-9-12-25-65(61)69-66(58)62)54-34-26-47(27-35-54)48-28-38-57(39-29-48)68-63-23-10-7-18-59(63)60-19-8-11-24-64(60)68/h1-44H. The lowest BCUT2D eigenvalue weighted by Crippen LogP contribution is -2.09. The summed E-state index contributed by atoms with van der Waals surface area (Å²) >= 11 is 0. The van der Waals surface area contributed by atoms with Crippen LogP contribution in [0.4, 0.5) is 17.1 Å². The van der Waals surface area contributed by atoms with Gasteiger partial charge in [0.25, 0.3) is 0 Å². The van der Waals surface area contributed by atoms with E-state index >= 15 is 0 Å². The Morgan fingerprint density at radius 3 is 1.19 bits per heavy atom. The van der Waals surface area contributed by atoms with Crippen LogP contribution in [0.5, 0.6) is 0 Å². The Morgan fingerprint density at radius 2 is 0.667 bits per heavy atom. The summed E-state index contributed by atoms with van der Waals surface area (Å²) in [7, 11) is 0. The summed E-state index contributed by atoms with van der Waals surface area (Å²) < 4.78 is 8.83. The number of hydrogen-bond acceptors (Lipinski definition) is 2. The molecule has 2 aromatic heterocycles. The SMILES string of the molecule is c1ccc(-c2cc(-c3ccccc3)cc(-c3ccc(N(c4ccc(-c5ccc(-n6c7ccccc7c7ccccc76)cc5)cc4)c4ccc(-c5cccc6c5oc5ccccc56)cc4)cc3)c2)cc1. The summed E-state index contributed by atoms with van der Waals surface area (Å²) in [4.78, 5) is 2.35. The van der Waals surface area contributed by atoms with Crippen molar-refractivity contribution in [3.63, 3.8) is 0 Å². The maximum absolute atomic E-state index is 6.46. The van der Waals surface area contributed by atoms with E-state index in [2.05, 4.69) is 264 Å². The van der Waals surface area contributed by atoms with Crippen molar-refractivity contribution in [2.75, 3.05) is 4.90 Å². The van der Waals surface area contributed by atoms with Gasteiger partial charge < -0.3 is 13.9 Å². The second kappa shape index (κ2) is 16.9. The lowest BCUT2D eigenvalue weighted by atomic mass is 9.93. The van der Waals surface area contributed by atoms with Crippen LogP contribution in [-0.2, 0) is 0 Å². The van der Waals surface area contributed by atoms with Gasteiger partial charge in [-0.2, -0.15) is 0 Å². The zero-order valence-electron chi connectivity index (χ0n) is 37.7. The quantitative estimate of drug-likeness (QED) is 0.144. The number of para-hydroxylation sites is 4. The number of rotatable bonds is 9. The van der Waals surface area contributed by atoms with Gasteiger partial charge >= 0.3 is 0 Å². The monoisotopic (exact) mass is 880 g/mol. The second-order valence-corrected chi connectivity index (χ2v) is 17.7. The normalized spacial score (nSPS) is 11.5. The number of furan rings is 1. The predicted octanol–water partition coefficient (Wildman–Crippen LogP) is 18.5. The number of nitrogens with zero attached hydrogens (tertiary/aromatic N) is 2. The molecule has 0 saturated carbocycles. The fourth-order valence-corrected chi connectivity index (χ4v) is 10.2. The van der Waals surface area contributed by atoms with E-state index in [-0.39, 0.29) is 0 Å². The summed E-state index contributed by atoms with van der Waals surface area (Å²) in [5.74, 6) is 0. The topological polar surface area (TPSA) is 21.3 Å². The Morgan fingerprint density at radius 1 is 0.275 bits per heavy atom. The summed E-state index contributed by atoms with van der Waals surface area (Å²) in [5.41, 5.74) is 20.2. The van der Waals surface area contributed by atoms with Crippen LogP contribution in [0, 0.1) is 0 Å².